The lowest BCUT2D eigenvalue weighted by molar-refractivity contribution is 0.191. The molecule has 0 spiro atoms. The lowest BCUT2D eigenvalue weighted by Gasteiger charge is -2.01. The molecule has 1 fully saturated rings. The van der Waals surface area contributed by atoms with Crippen LogP contribution in [0.4, 0.5) is 0 Å². The standard InChI is InChI=1S/C14H17N3O2/c1-9-2-4-10(5-3-9)6-13-16-14(19-17-13)12-7-11(18)8-15-12/h2-5,11-12,15,18H,6-8H2,1H3/t11-,12+/m0/s1. The van der Waals surface area contributed by atoms with Gasteiger partial charge in [-0.25, -0.2) is 0 Å². The second-order valence-electron chi connectivity index (χ2n) is 5.06. The van der Waals surface area contributed by atoms with Gasteiger partial charge in [-0.1, -0.05) is 35.0 Å². The van der Waals surface area contributed by atoms with E-state index < -0.39 is 0 Å². The van der Waals surface area contributed by atoms with Gasteiger partial charge < -0.3 is 14.9 Å². The second kappa shape index (κ2) is 5.11. The maximum absolute atomic E-state index is 9.48. The topological polar surface area (TPSA) is 71.2 Å². The molecule has 3 rings (SSSR count). The van der Waals surface area contributed by atoms with E-state index in [-0.39, 0.29) is 12.1 Å². The molecular formula is C14H17N3O2. The van der Waals surface area contributed by atoms with E-state index in [1.807, 2.05) is 0 Å². The third kappa shape index (κ3) is 2.83. The zero-order chi connectivity index (χ0) is 13.2. The number of hydrogen-bond acceptors (Lipinski definition) is 5. The lowest BCUT2D eigenvalue weighted by atomic mass is 10.1. The highest BCUT2D eigenvalue weighted by molar-refractivity contribution is 5.23. The zero-order valence-corrected chi connectivity index (χ0v) is 10.8. The Balaban J connectivity index is 1.69. The Morgan fingerprint density at radius 1 is 1.37 bits per heavy atom. The summed E-state index contributed by atoms with van der Waals surface area (Å²) >= 11 is 0. The summed E-state index contributed by atoms with van der Waals surface area (Å²) < 4.78 is 5.26. The number of rotatable bonds is 3. The largest absolute Gasteiger partial charge is 0.392 e. The van der Waals surface area contributed by atoms with Crippen molar-refractivity contribution < 1.29 is 9.63 Å². The summed E-state index contributed by atoms with van der Waals surface area (Å²) in [4.78, 5) is 4.39. The number of nitrogens with zero attached hydrogens (tertiary/aromatic N) is 2. The van der Waals surface area contributed by atoms with E-state index in [0.29, 0.717) is 31.1 Å². The Labute approximate surface area is 111 Å². The van der Waals surface area contributed by atoms with Crippen LogP contribution in [0.15, 0.2) is 28.8 Å². The number of benzene rings is 1. The molecule has 100 valence electrons. The van der Waals surface area contributed by atoms with Gasteiger partial charge in [-0.05, 0) is 18.9 Å². The van der Waals surface area contributed by atoms with Gasteiger partial charge >= 0.3 is 0 Å². The van der Waals surface area contributed by atoms with Gasteiger partial charge in [0.15, 0.2) is 5.82 Å². The first-order valence-corrected chi connectivity index (χ1v) is 6.50. The summed E-state index contributed by atoms with van der Waals surface area (Å²) in [5.74, 6) is 1.25. The van der Waals surface area contributed by atoms with Crippen LogP contribution in [0.25, 0.3) is 0 Å². The molecule has 19 heavy (non-hydrogen) atoms. The minimum atomic E-state index is -0.322. The highest BCUT2D eigenvalue weighted by Crippen LogP contribution is 2.22. The molecule has 2 heterocycles. The molecule has 1 saturated heterocycles. The van der Waals surface area contributed by atoms with Crippen LogP contribution < -0.4 is 5.32 Å². The molecule has 0 aliphatic carbocycles. The number of aryl methyl sites for hydroxylation is 1. The summed E-state index contributed by atoms with van der Waals surface area (Å²) in [5.41, 5.74) is 2.40. The fourth-order valence-electron chi connectivity index (χ4n) is 2.27. The molecule has 5 nitrogen and oxygen atoms in total. The van der Waals surface area contributed by atoms with Crippen molar-refractivity contribution in [3.05, 3.63) is 47.1 Å². The van der Waals surface area contributed by atoms with E-state index in [0.717, 1.165) is 5.56 Å². The van der Waals surface area contributed by atoms with Crippen LogP contribution in [0, 0.1) is 6.92 Å². The summed E-state index contributed by atoms with van der Waals surface area (Å²) in [6.45, 7) is 2.65. The molecule has 2 atom stereocenters. The van der Waals surface area contributed by atoms with Gasteiger partial charge in [-0.15, -0.1) is 0 Å². The molecule has 1 aromatic carbocycles. The molecule has 0 unspecified atom stereocenters. The molecule has 0 saturated carbocycles. The fraction of sp³-hybridized carbons (Fsp3) is 0.429. The van der Waals surface area contributed by atoms with Gasteiger partial charge in [-0.3, -0.25) is 0 Å². The monoisotopic (exact) mass is 259 g/mol. The Hall–Kier alpha value is -1.72. The summed E-state index contributed by atoms with van der Waals surface area (Å²) in [7, 11) is 0. The molecule has 2 aromatic rings. The highest BCUT2D eigenvalue weighted by Gasteiger charge is 2.27. The average molecular weight is 259 g/mol. The molecule has 2 N–H and O–H groups in total. The van der Waals surface area contributed by atoms with E-state index >= 15 is 0 Å². The fourth-order valence-corrected chi connectivity index (χ4v) is 2.27. The molecule has 0 amide bonds. The van der Waals surface area contributed by atoms with E-state index in [9.17, 15) is 5.11 Å². The van der Waals surface area contributed by atoms with Crippen LogP contribution in [0.2, 0.25) is 0 Å². The van der Waals surface area contributed by atoms with Gasteiger partial charge in [0.25, 0.3) is 0 Å². The van der Waals surface area contributed by atoms with Crippen molar-refractivity contribution in [3.8, 4) is 0 Å². The van der Waals surface area contributed by atoms with E-state index in [4.69, 9.17) is 4.52 Å². The molecule has 1 aliphatic heterocycles. The molecule has 5 heteroatoms. The number of aromatic nitrogens is 2. The van der Waals surface area contributed by atoms with Crippen molar-refractivity contribution in [1.29, 1.82) is 0 Å². The molecular weight excluding hydrogens is 242 g/mol. The summed E-state index contributed by atoms with van der Waals surface area (Å²) in [5, 5.41) is 16.6. The van der Waals surface area contributed by atoms with Gasteiger partial charge in [0, 0.05) is 13.0 Å². The average Bonchev–Trinajstić information content (AvgIpc) is 3.01. The van der Waals surface area contributed by atoms with Crippen molar-refractivity contribution in [2.75, 3.05) is 6.54 Å². The number of aliphatic hydroxyl groups is 1. The van der Waals surface area contributed by atoms with Gasteiger partial charge in [0.05, 0.1) is 12.1 Å². The van der Waals surface area contributed by atoms with Crippen molar-refractivity contribution in [3.63, 3.8) is 0 Å². The molecule has 0 radical (unpaired) electrons. The van der Waals surface area contributed by atoms with Gasteiger partial charge in [-0.2, -0.15) is 4.98 Å². The first-order chi connectivity index (χ1) is 9.20. The zero-order valence-electron chi connectivity index (χ0n) is 10.8. The van der Waals surface area contributed by atoms with Gasteiger partial charge in [0.1, 0.15) is 0 Å². The van der Waals surface area contributed by atoms with Crippen LogP contribution in [0.5, 0.6) is 0 Å². The van der Waals surface area contributed by atoms with Crippen LogP contribution in [-0.4, -0.2) is 27.9 Å². The quantitative estimate of drug-likeness (QED) is 0.871. The summed E-state index contributed by atoms with van der Waals surface area (Å²) in [6.07, 6.45) is 0.975. The highest BCUT2D eigenvalue weighted by atomic mass is 16.5. The van der Waals surface area contributed by atoms with Gasteiger partial charge in [0.2, 0.25) is 5.89 Å². The third-order valence-electron chi connectivity index (χ3n) is 3.37. The minimum absolute atomic E-state index is 0.0192. The normalized spacial score (nSPS) is 22.8. The molecule has 1 aliphatic rings. The minimum Gasteiger partial charge on any atom is -0.392 e. The molecule has 1 aromatic heterocycles. The van der Waals surface area contributed by atoms with E-state index in [1.54, 1.807) is 0 Å². The number of nitrogens with one attached hydrogen (secondary N) is 1. The predicted molar refractivity (Wildman–Crippen MR) is 69.7 cm³/mol. The molecule has 0 bridgehead atoms. The van der Waals surface area contributed by atoms with Crippen LogP contribution in [0.3, 0.4) is 0 Å². The SMILES string of the molecule is Cc1ccc(Cc2noc([C@H]3C[C@H](O)CN3)n2)cc1. The Morgan fingerprint density at radius 2 is 2.16 bits per heavy atom. The maximum Gasteiger partial charge on any atom is 0.243 e. The lowest BCUT2D eigenvalue weighted by Crippen LogP contribution is -2.15. The number of β-amino-alcohol motifs (C(OH)–C–C–N with tert-alkyl or cyclic N) is 1. The first kappa shape index (κ1) is 12.3. The first-order valence-electron chi connectivity index (χ1n) is 6.50. The van der Waals surface area contributed by atoms with Crippen molar-refractivity contribution >= 4 is 0 Å². The van der Waals surface area contributed by atoms with E-state index in [1.165, 1.54) is 5.56 Å². The maximum atomic E-state index is 9.48. The van der Waals surface area contributed by atoms with Crippen LogP contribution in [0.1, 0.15) is 35.3 Å². The smallest absolute Gasteiger partial charge is 0.243 e. The van der Waals surface area contributed by atoms with Crippen LogP contribution >= 0.6 is 0 Å². The van der Waals surface area contributed by atoms with Crippen molar-refractivity contribution in [2.24, 2.45) is 0 Å². The van der Waals surface area contributed by atoms with Crippen LogP contribution in [-0.2, 0) is 6.42 Å². The summed E-state index contributed by atoms with van der Waals surface area (Å²) in [6, 6.07) is 8.27. The number of aliphatic hydroxyl groups excluding tert-OH is 1. The van der Waals surface area contributed by atoms with Crippen molar-refractivity contribution in [2.45, 2.75) is 31.9 Å². The Kier molecular flexibility index (Phi) is 3.31. The Bertz CT molecular complexity index is 550. The Morgan fingerprint density at radius 3 is 2.84 bits per heavy atom. The van der Waals surface area contributed by atoms with Crippen molar-refractivity contribution in [1.82, 2.24) is 15.5 Å². The number of hydrogen-bond donors (Lipinski definition) is 2. The second-order valence-corrected chi connectivity index (χ2v) is 5.06. The van der Waals surface area contributed by atoms with E-state index in [2.05, 4.69) is 46.6 Å². The predicted octanol–water partition coefficient (Wildman–Crippen LogP) is 1.36. The third-order valence-corrected chi connectivity index (χ3v) is 3.37.